The third kappa shape index (κ3) is 2.99. The van der Waals surface area contributed by atoms with Crippen LogP contribution in [-0.4, -0.2) is 42.2 Å². The summed E-state index contributed by atoms with van der Waals surface area (Å²) in [6, 6.07) is 6.70. The van der Waals surface area contributed by atoms with Gasteiger partial charge in [-0.15, -0.1) is 0 Å². The van der Waals surface area contributed by atoms with Gasteiger partial charge < -0.3 is 19.5 Å². The molecule has 1 saturated carbocycles. The Hall–Kier alpha value is -2.76. The zero-order valence-corrected chi connectivity index (χ0v) is 13.6. The van der Waals surface area contributed by atoms with E-state index in [-0.39, 0.29) is 5.75 Å². The van der Waals surface area contributed by atoms with E-state index in [9.17, 15) is 14.7 Å². The standard InChI is InChI=1S/C18H19NO5/c1-23-17(21)14-9-19(12-5-6-12)10-15(18(22)24-2)16(14)11-3-7-13(20)8-4-11/h3-4,7-10,12,16,20H,5-6H2,1-2H3. The first kappa shape index (κ1) is 16.1. The summed E-state index contributed by atoms with van der Waals surface area (Å²) in [5.41, 5.74) is 1.45. The number of carbonyl (C=O) groups excluding carboxylic acids is 2. The lowest BCUT2D eigenvalue weighted by atomic mass is 9.83. The zero-order chi connectivity index (χ0) is 17.3. The molecule has 1 aromatic rings. The molecule has 3 rings (SSSR count). The van der Waals surface area contributed by atoms with Crippen LogP contribution in [0.25, 0.3) is 0 Å². The highest BCUT2D eigenvalue weighted by molar-refractivity contribution is 5.98. The van der Waals surface area contributed by atoms with Gasteiger partial charge in [0.2, 0.25) is 0 Å². The highest BCUT2D eigenvalue weighted by Gasteiger charge is 2.38. The van der Waals surface area contributed by atoms with Gasteiger partial charge in [0.1, 0.15) is 5.75 Å². The molecule has 1 N–H and O–H groups in total. The highest BCUT2D eigenvalue weighted by Crippen LogP contribution is 2.40. The summed E-state index contributed by atoms with van der Waals surface area (Å²) in [7, 11) is 2.63. The fourth-order valence-corrected chi connectivity index (χ4v) is 2.86. The normalized spacial score (nSPS) is 17.8. The monoisotopic (exact) mass is 329 g/mol. The summed E-state index contributed by atoms with van der Waals surface area (Å²) in [5.74, 6) is -1.47. The zero-order valence-electron chi connectivity index (χ0n) is 13.6. The molecule has 24 heavy (non-hydrogen) atoms. The minimum absolute atomic E-state index is 0.112. The van der Waals surface area contributed by atoms with E-state index in [4.69, 9.17) is 9.47 Å². The van der Waals surface area contributed by atoms with Gasteiger partial charge in [-0.05, 0) is 30.5 Å². The van der Waals surface area contributed by atoms with Crippen LogP contribution >= 0.6 is 0 Å². The summed E-state index contributed by atoms with van der Waals surface area (Å²) in [6.07, 6.45) is 5.51. The van der Waals surface area contributed by atoms with E-state index in [1.807, 2.05) is 4.90 Å². The molecule has 6 nitrogen and oxygen atoms in total. The second-order valence-corrected chi connectivity index (χ2v) is 5.85. The van der Waals surface area contributed by atoms with Crippen molar-refractivity contribution in [2.45, 2.75) is 24.8 Å². The van der Waals surface area contributed by atoms with Gasteiger partial charge in [0.05, 0.1) is 31.3 Å². The topological polar surface area (TPSA) is 76.1 Å². The van der Waals surface area contributed by atoms with Crippen molar-refractivity contribution in [3.63, 3.8) is 0 Å². The lowest BCUT2D eigenvalue weighted by molar-refractivity contribution is -0.137. The number of hydrogen-bond acceptors (Lipinski definition) is 6. The number of methoxy groups -OCH3 is 2. The number of ether oxygens (including phenoxy) is 2. The molecule has 1 aliphatic heterocycles. The Balaban J connectivity index is 2.09. The number of esters is 2. The predicted octanol–water partition coefficient (Wildman–Crippen LogP) is 2.07. The molecule has 0 saturated heterocycles. The van der Waals surface area contributed by atoms with Crippen molar-refractivity contribution in [1.29, 1.82) is 0 Å². The van der Waals surface area contributed by atoms with Crippen LogP contribution in [-0.2, 0) is 19.1 Å². The Kier molecular flexibility index (Phi) is 4.29. The second-order valence-electron chi connectivity index (χ2n) is 5.85. The number of rotatable bonds is 4. The average Bonchev–Trinajstić information content (AvgIpc) is 3.45. The van der Waals surface area contributed by atoms with Crippen LogP contribution in [0.3, 0.4) is 0 Å². The van der Waals surface area contributed by atoms with Crippen molar-refractivity contribution >= 4 is 11.9 Å². The molecule has 0 atom stereocenters. The number of hydrogen-bond donors (Lipinski definition) is 1. The number of nitrogens with zero attached hydrogens (tertiary/aromatic N) is 1. The molecule has 0 amide bonds. The summed E-state index contributed by atoms with van der Waals surface area (Å²) >= 11 is 0. The number of benzene rings is 1. The Morgan fingerprint density at radius 2 is 1.50 bits per heavy atom. The Labute approximate surface area is 140 Å². The molecular weight excluding hydrogens is 310 g/mol. The number of phenols is 1. The first-order chi connectivity index (χ1) is 11.5. The minimum atomic E-state index is -0.597. The highest BCUT2D eigenvalue weighted by atomic mass is 16.5. The predicted molar refractivity (Wildman–Crippen MR) is 85.9 cm³/mol. The average molecular weight is 329 g/mol. The maximum atomic E-state index is 12.3. The molecule has 1 heterocycles. The molecule has 0 unspecified atom stereocenters. The van der Waals surface area contributed by atoms with Crippen LogP contribution in [0.1, 0.15) is 24.3 Å². The maximum Gasteiger partial charge on any atom is 0.336 e. The van der Waals surface area contributed by atoms with Crippen LogP contribution < -0.4 is 0 Å². The molecule has 0 aromatic heterocycles. The molecule has 1 aromatic carbocycles. The molecule has 0 radical (unpaired) electrons. The Bertz CT molecular complexity index is 681. The first-order valence-electron chi connectivity index (χ1n) is 7.71. The summed E-state index contributed by atoms with van der Waals surface area (Å²) < 4.78 is 9.83. The van der Waals surface area contributed by atoms with Gasteiger partial charge in [0, 0.05) is 18.4 Å². The van der Waals surface area contributed by atoms with E-state index in [1.165, 1.54) is 26.4 Å². The number of carbonyl (C=O) groups is 2. The van der Waals surface area contributed by atoms with Gasteiger partial charge in [-0.2, -0.15) is 0 Å². The molecular formula is C18H19NO5. The quantitative estimate of drug-likeness (QED) is 0.852. The minimum Gasteiger partial charge on any atom is -0.508 e. The van der Waals surface area contributed by atoms with Gasteiger partial charge in [-0.1, -0.05) is 12.1 Å². The molecule has 1 aliphatic carbocycles. The van der Waals surface area contributed by atoms with E-state index in [0.717, 1.165) is 12.8 Å². The van der Waals surface area contributed by atoms with Gasteiger partial charge in [0.25, 0.3) is 0 Å². The van der Waals surface area contributed by atoms with Crippen molar-refractivity contribution in [2.24, 2.45) is 0 Å². The number of aromatic hydroxyl groups is 1. The number of phenolic OH excluding ortho intramolecular Hbond substituents is 1. The van der Waals surface area contributed by atoms with Crippen LogP contribution in [0.15, 0.2) is 47.8 Å². The van der Waals surface area contributed by atoms with E-state index in [0.29, 0.717) is 22.8 Å². The second kappa shape index (κ2) is 6.39. The Morgan fingerprint density at radius 3 is 1.92 bits per heavy atom. The van der Waals surface area contributed by atoms with E-state index in [1.54, 1.807) is 24.5 Å². The van der Waals surface area contributed by atoms with Gasteiger partial charge in [0.15, 0.2) is 0 Å². The first-order valence-corrected chi connectivity index (χ1v) is 7.71. The third-order valence-corrected chi connectivity index (χ3v) is 4.24. The maximum absolute atomic E-state index is 12.3. The fraction of sp³-hybridized carbons (Fsp3) is 0.333. The summed E-state index contributed by atoms with van der Waals surface area (Å²) in [6.45, 7) is 0. The van der Waals surface area contributed by atoms with Gasteiger partial charge >= 0.3 is 11.9 Å². The molecule has 0 bridgehead atoms. The van der Waals surface area contributed by atoms with Crippen molar-refractivity contribution in [3.8, 4) is 5.75 Å². The van der Waals surface area contributed by atoms with Crippen LogP contribution in [0.5, 0.6) is 5.75 Å². The molecule has 126 valence electrons. The largest absolute Gasteiger partial charge is 0.508 e. The summed E-state index contributed by atoms with van der Waals surface area (Å²) in [4.78, 5) is 26.5. The van der Waals surface area contributed by atoms with Gasteiger partial charge in [-0.25, -0.2) is 9.59 Å². The van der Waals surface area contributed by atoms with Crippen molar-refractivity contribution < 1.29 is 24.2 Å². The molecule has 6 heteroatoms. The smallest absolute Gasteiger partial charge is 0.336 e. The molecule has 0 spiro atoms. The van der Waals surface area contributed by atoms with E-state index < -0.39 is 17.9 Å². The fourth-order valence-electron chi connectivity index (χ4n) is 2.86. The third-order valence-electron chi connectivity index (χ3n) is 4.24. The molecule has 1 fully saturated rings. The molecule has 2 aliphatic rings. The van der Waals surface area contributed by atoms with E-state index in [2.05, 4.69) is 0 Å². The van der Waals surface area contributed by atoms with Gasteiger partial charge in [-0.3, -0.25) is 0 Å². The van der Waals surface area contributed by atoms with Crippen LogP contribution in [0, 0.1) is 0 Å². The van der Waals surface area contributed by atoms with Crippen LogP contribution in [0.4, 0.5) is 0 Å². The lowest BCUT2D eigenvalue weighted by Gasteiger charge is -2.30. The van der Waals surface area contributed by atoms with E-state index >= 15 is 0 Å². The lowest BCUT2D eigenvalue weighted by Crippen LogP contribution is -2.29. The van der Waals surface area contributed by atoms with Crippen molar-refractivity contribution in [2.75, 3.05) is 14.2 Å². The Morgan fingerprint density at radius 1 is 1.00 bits per heavy atom. The van der Waals surface area contributed by atoms with Crippen molar-refractivity contribution in [1.82, 2.24) is 4.90 Å². The van der Waals surface area contributed by atoms with Crippen molar-refractivity contribution in [3.05, 3.63) is 53.4 Å². The van der Waals surface area contributed by atoms with Crippen LogP contribution in [0.2, 0.25) is 0 Å². The SMILES string of the molecule is COC(=O)C1=CN(C2CC2)C=C(C(=O)OC)C1c1ccc(O)cc1. The summed E-state index contributed by atoms with van der Waals surface area (Å²) in [5, 5.41) is 9.50.